The van der Waals surface area contributed by atoms with E-state index in [9.17, 15) is 0 Å². The molecule has 0 aliphatic heterocycles. The molecule has 0 aromatic carbocycles. The molecule has 0 amide bonds. The number of rotatable bonds is 3. The van der Waals surface area contributed by atoms with Gasteiger partial charge in [0.25, 0.3) is 0 Å². The number of allylic oxidation sites excluding steroid dienone is 1. The molecule has 0 bridgehead atoms. The summed E-state index contributed by atoms with van der Waals surface area (Å²) in [4.78, 5) is 4.36. The van der Waals surface area contributed by atoms with Crippen molar-refractivity contribution >= 4 is 11.8 Å². The van der Waals surface area contributed by atoms with E-state index >= 15 is 0 Å². The van der Waals surface area contributed by atoms with Gasteiger partial charge in [-0.2, -0.15) is 0 Å². The van der Waals surface area contributed by atoms with Gasteiger partial charge in [0.15, 0.2) is 0 Å². The molecule has 1 aromatic heterocycles. The largest absolute Gasteiger partial charge is 0.323 e. The van der Waals surface area contributed by atoms with Gasteiger partial charge in [-0.3, -0.25) is 10.8 Å². The first-order chi connectivity index (χ1) is 6.69. The van der Waals surface area contributed by atoms with Crippen LogP contribution in [0.5, 0.6) is 0 Å². The van der Waals surface area contributed by atoms with Crippen LogP contribution in [-0.4, -0.2) is 4.98 Å². The Morgan fingerprint density at radius 3 is 2.71 bits per heavy atom. The number of hydrogen-bond donors (Lipinski definition) is 2. The molecular weight excluding hydrogens is 174 g/mol. The SMILES string of the molecule is C/C=C\c1cnc(C(C)C)cc1NN. The van der Waals surface area contributed by atoms with Crippen molar-refractivity contribution in [2.45, 2.75) is 26.7 Å². The van der Waals surface area contributed by atoms with Gasteiger partial charge in [0.2, 0.25) is 0 Å². The van der Waals surface area contributed by atoms with E-state index < -0.39 is 0 Å². The van der Waals surface area contributed by atoms with Crippen molar-refractivity contribution in [2.75, 3.05) is 5.43 Å². The van der Waals surface area contributed by atoms with E-state index in [1.54, 1.807) is 0 Å². The first-order valence-electron chi connectivity index (χ1n) is 4.78. The second-order valence-corrected chi connectivity index (χ2v) is 3.50. The van der Waals surface area contributed by atoms with Crippen LogP contribution in [0.3, 0.4) is 0 Å². The molecule has 0 radical (unpaired) electrons. The van der Waals surface area contributed by atoms with Crippen molar-refractivity contribution in [3.8, 4) is 0 Å². The van der Waals surface area contributed by atoms with Gasteiger partial charge >= 0.3 is 0 Å². The zero-order chi connectivity index (χ0) is 10.6. The molecule has 3 nitrogen and oxygen atoms in total. The average molecular weight is 191 g/mol. The Balaban J connectivity index is 3.11. The van der Waals surface area contributed by atoms with Crippen molar-refractivity contribution in [2.24, 2.45) is 5.84 Å². The fourth-order valence-corrected chi connectivity index (χ4v) is 1.24. The van der Waals surface area contributed by atoms with Crippen LogP contribution in [0.4, 0.5) is 5.69 Å². The summed E-state index contributed by atoms with van der Waals surface area (Å²) in [5.74, 6) is 5.86. The monoisotopic (exact) mass is 191 g/mol. The minimum atomic E-state index is 0.418. The summed E-state index contributed by atoms with van der Waals surface area (Å²) >= 11 is 0. The van der Waals surface area contributed by atoms with Crippen LogP contribution >= 0.6 is 0 Å². The van der Waals surface area contributed by atoms with Crippen LogP contribution in [0.25, 0.3) is 6.08 Å². The summed E-state index contributed by atoms with van der Waals surface area (Å²) in [6, 6.07) is 1.99. The highest BCUT2D eigenvalue weighted by atomic mass is 15.2. The second-order valence-electron chi connectivity index (χ2n) is 3.50. The number of pyridine rings is 1. The van der Waals surface area contributed by atoms with Gasteiger partial charge < -0.3 is 5.43 Å². The topological polar surface area (TPSA) is 50.9 Å². The lowest BCUT2D eigenvalue weighted by molar-refractivity contribution is 0.822. The Morgan fingerprint density at radius 1 is 1.50 bits per heavy atom. The Bertz CT molecular complexity index is 329. The van der Waals surface area contributed by atoms with Crippen LogP contribution in [0, 0.1) is 0 Å². The van der Waals surface area contributed by atoms with Crippen molar-refractivity contribution < 1.29 is 0 Å². The first-order valence-corrected chi connectivity index (χ1v) is 4.78. The van der Waals surface area contributed by atoms with Crippen LogP contribution in [0.1, 0.15) is 37.9 Å². The van der Waals surface area contributed by atoms with E-state index in [0.717, 1.165) is 16.9 Å². The van der Waals surface area contributed by atoms with Gasteiger partial charge in [0.1, 0.15) is 0 Å². The zero-order valence-electron chi connectivity index (χ0n) is 8.91. The molecule has 0 saturated carbocycles. The predicted octanol–water partition coefficient (Wildman–Crippen LogP) is 2.52. The lowest BCUT2D eigenvalue weighted by atomic mass is 10.1. The van der Waals surface area contributed by atoms with E-state index in [-0.39, 0.29) is 0 Å². The third-order valence-electron chi connectivity index (χ3n) is 2.05. The molecule has 0 fully saturated rings. The number of hydrogen-bond acceptors (Lipinski definition) is 3. The second kappa shape index (κ2) is 4.77. The van der Waals surface area contributed by atoms with Gasteiger partial charge in [-0.15, -0.1) is 0 Å². The van der Waals surface area contributed by atoms with Crippen molar-refractivity contribution in [1.82, 2.24) is 4.98 Å². The highest BCUT2D eigenvalue weighted by molar-refractivity contribution is 5.65. The number of nitrogens with two attached hydrogens (primary N) is 1. The maximum absolute atomic E-state index is 5.44. The Labute approximate surface area is 85.0 Å². The van der Waals surface area contributed by atoms with E-state index in [1.165, 1.54) is 0 Å². The molecule has 0 saturated heterocycles. The standard InChI is InChI=1S/C11H17N3/c1-4-5-9-7-13-10(8(2)3)6-11(9)14-12/h4-8H,12H2,1-3H3,(H,13,14)/b5-4-. The van der Waals surface area contributed by atoms with Crippen LogP contribution in [0.15, 0.2) is 18.3 Å². The van der Waals surface area contributed by atoms with E-state index in [4.69, 9.17) is 5.84 Å². The number of nitrogens with one attached hydrogen (secondary N) is 1. The van der Waals surface area contributed by atoms with Crippen molar-refractivity contribution in [1.29, 1.82) is 0 Å². The third-order valence-corrected chi connectivity index (χ3v) is 2.05. The maximum Gasteiger partial charge on any atom is 0.0591 e. The maximum atomic E-state index is 5.44. The summed E-state index contributed by atoms with van der Waals surface area (Å²) in [5.41, 5.74) is 5.66. The first kappa shape index (κ1) is 10.7. The Morgan fingerprint density at radius 2 is 2.21 bits per heavy atom. The number of aromatic nitrogens is 1. The smallest absolute Gasteiger partial charge is 0.0591 e. The molecule has 14 heavy (non-hydrogen) atoms. The molecular formula is C11H17N3. The zero-order valence-corrected chi connectivity index (χ0v) is 8.91. The normalized spacial score (nSPS) is 11.2. The molecule has 0 aliphatic rings. The fraction of sp³-hybridized carbons (Fsp3) is 0.364. The number of anilines is 1. The predicted molar refractivity (Wildman–Crippen MR) is 60.8 cm³/mol. The quantitative estimate of drug-likeness (QED) is 0.570. The molecule has 1 aromatic rings. The number of nitrogen functional groups attached to an aromatic ring is 1. The minimum absolute atomic E-state index is 0.418. The Hall–Kier alpha value is -1.35. The number of hydrazine groups is 1. The summed E-state index contributed by atoms with van der Waals surface area (Å²) in [5, 5.41) is 0. The van der Waals surface area contributed by atoms with Crippen molar-refractivity contribution in [3.63, 3.8) is 0 Å². The van der Waals surface area contributed by atoms with E-state index in [0.29, 0.717) is 5.92 Å². The fourth-order valence-electron chi connectivity index (χ4n) is 1.24. The molecule has 0 unspecified atom stereocenters. The third kappa shape index (κ3) is 2.33. The molecule has 3 N–H and O–H groups in total. The van der Waals surface area contributed by atoms with Gasteiger partial charge in [-0.1, -0.05) is 26.0 Å². The molecule has 1 rings (SSSR count). The van der Waals surface area contributed by atoms with Gasteiger partial charge in [-0.25, -0.2) is 0 Å². The molecule has 1 heterocycles. The van der Waals surface area contributed by atoms with E-state index in [2.05, 4.69) is 24.3 Å². The highest BCUT2D eigenvalue weighted by Gasteiger charge is 2.04. The van der Waals surface area contributed by atoms with E-state index in [1.807, 2.05) is 31.3 Å². The lowest BCUT2D eigenvalue weighted by Gasteiger charge is -2.09. The van der Waals surface area contributed by atoms with Crippen molar-refractivity contribution in [3.05, 3.63) is 29.6 Å². The molecule has 76 valence electrons. The Kier molecular flexibility index (Phi) is 3.65. The molecule has 3 heteroatoms. The molecule has 0 spiro atoms. The summed E-state index contributed by atoms with van der Waals surface area (Å²) in [7, 11) is 0. The highest BCUT2D eigenvalue weighted by Crippen LogP contribution is 2.20. The van der Waals surface area contributed by atoms with Crippen LogP contribution in [-0.2, 0) is 0 Å². The number of nitrogens with zero attached hydrogens (tertiary/aromatic N) is 1. The molecule has 0 aliphatic carbocycles. The van der Waals surface area contributed by atoms with Gasteiger partial charge in [0, 0.05) is 17.5 Å². The minimum Gasteiger partial charge on any atom is -0.323 e. The van der Waals surface area contributed by atoms with Gasteiger partial charge in [-0.05, 0) is 18.9 Å². The summed E-state index contributed by atoms with van der Waals surface area (Å²) < 4.78 is 0. The van der Waals surface area contributed by atoms with Crippen LogP contribution in [0.2, 0.25) is 0 Å². The summed E-state index contributed by atoms with van der Waals surface area (Å²) in [6.07, 6.45) is 5.78. The average Bonchev–Trinajstić information content (AvgIpc) is 2.18. The van der Waals surface area contributed by atoms with Gasteiger partial charge in [0.05, 0.1) is 5.69 Å². The van der Waals surface area contributed by atoms with Crippen LogP contribution < -0.4 is 11.3 Å². The molecule has 0 atom stereocenters. The lowest BCUT2D eigenvalue weighted by Crippen LogP contribution is -2.09. The summed E-state index contributed by atoms with van der Waals surface area (Å²) in [6.45, 7) is 6.19.